The summed E-state index contributed by atoms with van der Waals surface area (Å²) in [6.45, 7) is 5.58. The van der Waals surface area contributed by atoms with Crippen molar-refractivity contribution >= 4 is 5.91 Å². The van der Waals surface area contributed by atoms with Crippen molar-refractivity contribution in [2.75, 3.05) is 13.7 Å². The Balaban J connectivity index is 1.75. The summed E-state index contributed by atoms with van der Waals surface area (Å²) in [5.41, 5.74) is 2.47. The van der Waals surface area contributed by atoms with Gasteiger partial charge in [0.15, 0.2) is 11.5 Å². The molecule has 0 aliphatic heterocycles. The van der Waals surface area contributed by atoms with Gasteiger partial charge < -0.3 is 14.4 Å². The van der Waals surface area contributed by atoms with Gasteiger partial charge in [-0.3, -0.25) is 4.79 Å². The van der Waals surface area contributed by atoms with Crippen LogP contribution in [0.2, 0.25) is 0 Å². The maximum absolute atomic E-state index is 13.2. The lowest BCUT2D eigenvalue weighted by molar-refractivity contribution is 0.0722. The highest BCUT2D eigenvalue weighted by atomic mass is 19.1. The molecule has 4 nitrogen and oxygen atoms in total. The van der Waals surface area contributed by atoms with E-state index in [4.69, 9.17) is 9.47 Å². The van der Waals surface area contributed by atoms with E-state index in [9.17, 15) is 9.18 Å². The molecular weight excluding hydrogens is 393 g/mol. The summed E-state index contributed by atoms with van der Waals surface area (Å²) in [4.78, 5) is 14.8. The average Bonchev–Trinajstić information content (AvgIpc) is 2.78. The topological polar surface area (TPSA) is 38.8 Å². The van der Waals surface area contributed by atoms with E-state index < -0.39 is 0 Å². The molecule has 1 amide bonds. The zero-order chi connectivity index (χ0) is 22.2. The molecule has 3 aromatic carbocycles. The van der Waals surface area contributed by atoms with Crippen molar-refractivity contribution < 1.29 is 18.7 Å². The fourth-order valence-electron chi connectivity index (χ4n) is 3.32. The third-order valence-corrected chi connectivity index (χ3v) is 4.80. The zero-order valence-corrected chi connectivity index (χ0v) is 18.2. The van der Waals surface area contributed by atoms with Crippen LogP contribution in [0.3, 0.4) is 0 Å². The molecule has 0 aromatic heterocycles. The van der Waals surface area contributed by atoms with Crippen LogP contribution in [0.4, 0.5) is 4.39 Å². The minimum atomic E-state index is -0.359. The van der Waals surface area contributed by atoms with Crippen molar-refractivity contribution in [3.63, 3.8) is 0 Å². The largest absolute Gasteiger partial charge is 0.493 e. The van der Waals surface area contributed by atoms with Crippen LogP contribution in [-0.2, 0) is 13.2 Å². The van der Waals surface area contributed by atoms with Gasteiger partial charge in [-0.2, -0.15) is 0 Å². The quantitative estimate of drug-likeness (QED) is 0.444. The van der Waals surface area contributed by atoms with E-state index in [0.717, 1.165) is 11.1 Å². The van der Waals surface area contributed by atoms with E-state index in [1.165, 1.54) is 24.3 Å². The molecule has 162 valence electrons. The molecule has 0 saturated carbocycles. The molecule has 0 aliphatic carbocycles. The Labute approximate surface area is 183 Å². The van der Waals surface area contributed by atoms with Gasteiger partial charge in [0.2, 0.25) is 0 Å². The number of carbonyl (C=O) groups is 1. The van der Waals surface area contributed by atoms with Gasteiger partial charge in [0, 0.05) is 18.7 Å². The maximum atomic E-state index is 13.2. The van der Waals surface area contributed by atoms with Gasteiger partial charge in [-0.25, -0.2) is 4.39 Å². The predicted molar refractivity (Wildman–Crippen MR) is 120 cm³/mol. The third-order valence-electron chi connectivity index (χ3n) is 4.80. The van der Waals surface area contributed by atoms with E-state index in [2.05, 4.69) is 13.8 Å². The fraction of sp³-hybridized carbons (Fsp3) is 0.269. The Bertz CT molecular complexity index is 987. The van der Waals surface area contributed by atoms with Crippen molar-refractivity contribution in [2.24, 2.45) is 5.92 Å². The zero-order valence-electron chi connectivity index (χ0n) is 18.2. The predicted octanol–water partition coefficient (Wildman–Crippen LogP) is 5.71. The fourth-order valence-corrected chi connectivity index (χ4v) is 3.32. The van der Waals surface area contributed by atoms with Crippen LogP contribution in [0, 0.1) is 11.7 Å². The molecule has 3 aromatic rings. The van der Waals surface area contributed by atoms with Crippen molar-refractivity contribution in [1.29, 1.82) is 0 Å². The summed E-state index contributed by atoms with van der Waals surface area (Å²) in [5.74, 6) is 1.07. The highest BCUT2D eigenvalue weighted by Gasteiger charge is 2.18. The Morgan fingerprint density at radius 3 is 2.29 bits per heavy atom. The van der Waals surface area contributed by atoms with Crippen LogP contribution >= 0.6 is 0 Å². The first kappa shape index (κ1) is 22.3. The Morgan fingerprint density at radius 1 is 0.935 bits per heavy atom. The van der Waals surface area contributed by atoms with Crippen LogP contribution in [0.5, 0.6) is 11.5 Å². The van der Waals surface area contributed by atoms with Crippen molar-refractivity contribution in [3.05, 3.63) is 95.3 Å². The number of ether oxygens (including phenoxy) is 2. The van der Waals surface area contributed by atoms with Crippen molar-refractivity contribution in [3.8, 4) is 11.5 Å². The van der Waals surface area contributed by atoms with Crippen molar-refractivity contribution in [1.82, 2.24) is 4.90 Å². The van der Waals surface area contributed by atoms with Gasteiger partial charge in [0.1, 0.15) is 12.4 Å². The van der Waals surface area contributed by atoms with Crippen LogP contribution in [0.25, 0.3) is 0 Å². The highest BCUT2D eigenvalue weighted by Crippen LogP contribution is 2.29. The van der Waals surface area contributed by atoms with Gasteiger partial charge in [-0.05, 0) is 53.4 Å². The molecule has 31 heavy (non-hydrogen) atoms. The highest BCUT2D eigenvalue weighted by molar-refractivity contribution is 5.94. The lowest BCUT2D eigenvalue weighted by atomic mass is 10.1. The SMILES string of the molecule is COc1cc(CN(CC(C)C)C(=O)c2ccc(F)cc2)ccc1OCc1ccccc1. The van der Waals surface area contributed by atoms with E-state index >= 15 is 0 Å². The molecule has 5 heteroatoms. The number of rotatable bonds is 9. The number of amides is 1. The van der Waals surface area contributed by atoms with Crippen LogP contribution in [-0.4, -0.2) is 24.5 Å². The molecule has 0 spiro atoms. The first-order valence-electron chi connectivity index (χ1n) is 10.3. The second-order valence-corrected chi connectivity index (χ2v) is 7.85. The van der Waals surface area contributed by atoms with E-state index in [1.54, 1.807) is 12.0 Å². The lowest BCUT2D eigenvalue weighted by Gasteiger charge is -2.25. The van der Waals surface area contributed by atoms with E-state index in [1.807, 2.05) is 48.5 Å². The van der Waals surface area contributed by atoms with Gasteiger partial charge in [0.25, 0.3) is 5.91 Å². The monoisotopic (exact) mass is 421 g/mol. The summed E-state index contributed by atoms with van der Waals surface area (Å²) >= 11 is 0. The first-order valence-corrected chi connectivity index (χ1v) is 10.3. The molecule has 3 rings (SSSR count). The van der Waals surface area contributed by atoms with Gasteiger partial charge in [0.05, 0.1) is 7.11 Å². The molecule has 0 unspecified atom stereocenters. The van der Waals surface area contributed by atoms with Crippen LogP contribution < -0.4 is 9.47 Å². The summed E-state index contributed by atoms with van der Waals surface area (Å²) in [7, 11) is 1.60. The molecule has 0 aliphatic rings. The van der Waals surface area contributed by atoms with Gasteiger partial charge in [-0.15, -0.1) is 0 Å². The Hall–Kier alpha value is -3.34. The number of carbonyl (C=O) groups excluding carboxylic acids is 1. The Morgan fingerprint density at radius 2 is 1.65 bits per heavy atom. The molecule has 0 N–H and O–H groups in total. The first-order chi connectivity index (χ1) is 15.0. The van der Waals surface area contributed by atoms with Crippen LogP contribution in [0.15, 0.2) is 72.8 Å². The number of halogens is 1. The number of nitrogens with zero attached hydrogens (tertiary/aromatic N) is 1. The Kier molecular flexibility index (Phi) is 7.65. The third kappa shape index (κ3) is 6.32. The molecule has 0 bridgehead atoms. The summed E-state index contributed by atoms with van der Waals surface area (Å²) in [6.07, 6.45) is 0. The summed E-state index contributed by atoms with van der Waals surface area (Å²) < 4.78 is 24.7. The second-order valence-electron chi connectivity index (χ2n) is 7.85. The molecular formula is C26H28FNO3. The maximum Gasteiger partial charge on any atom is 0.254 e. The minimum Gasteiger partial charge on any atom is -0.493 e. The molecule has 0 atom stereocenters. The molecule has 0 heterocycles. The summed E-state index contributed by atoms with van der Waals surface area (Å²) in [6, 6.07) is 21.3. The average molecular weight is 422 g/mol. The number of methoxy groups -OCH3 is 1. The van der Waals surface area contributed by atoms with Crippen molar-refractivity contribution in [2.45, 2.75) is 27.0 Å². The molecule has 0 radical (unpaired) electrons. The molecule has 0 fully saturated rings. The molecule has 0 saturated heterocycles. The normalized spacial score (nSPS) is 10.7. The van der Waals surface area contributed by atoms with Gasteiger partial charge >= 0.3 is 0 Å². The lowest BCUT2D eigenvalue weighted by Crippen LogP contribution is -2.33. The smallest absolute Gasteiger partial charge is 0.254 e. The number of hydrogen-bond acceptors (Lipinski definition) is 3. The number of benzene rings is 3. The summed E-state index contributed by atoms with van der Waals surface area (Å²) in [5, 5.41) is 0. The van der Waals surface area contributed by atoms with Gasteiger partial charge in [-0.1, -0.05) is 50.2 Å². The van der Waals surface area contributed by atoms with E-state index in [-0.39, 0.29) is 11.7 Å². The minimum absolute atomic E-state index is 0.128. The number of hydrogen-bond donors (Lipinski definition) is 0. The standard InChI is InChI=1S/C26H28FNO3/c1-19(2)16-28(26(29)22-10-12-23(27)13-11-22)17-21-9-14-24(25(15-21)30-3)31-18-20-7-5-4-6-8-20/h4-15,19H,16-18H2,1-3H3. The van der Waals surface area contributed by atoms with E-state index in [0.29, 0.717) is 42.7 Å². The van der Waals surface area contributed by atoms with Crippen LogP contribution in [0.1, 0.15) is 35.3 Å². The second kappa shape index (κ2) is 10.6.